The third-order valence-corrected chi connectivity index (χ3v) is 4.57. The van der Waals surface area contributed by atoms with Crippen molar-refractivity contribution in [3.05, 3.63) is 82.8 Å². The number of halogens is 1. The monoisotopic (exact) mass is 309 g/mol. The lowest BCUT2D eigenvalue weighted by Gasteiger charge is -2.25. The minimum atomic E-state index is -0.191. The lowest BCUT2D eigenvalue weighted by atomic mass is 9.96. The summed E-state index contributed by atoms with van der Waals surface area (Å²) in [4.78, 5) is 0. The van der Waals surface area contributed by atoms with Crippen LogP contribution < -0.4 is 10.7 Å². The summed E-state index contributed by atoms with van der Waals surface area (Å²) in [5.41, 5.74) is 8.76. The van der Waals surface area contributed by atoms with Gasteiger partial charge in [-0.25, -0.2) is 9.82 Å². The molecular formula is C19H20FN3. The average Bonchev–Trinajstić information content (AvgIpc) is 2.95. The van der Waals surface area contributed by atoms with E-state index >= 15 is 0 Å². The zero-order valence-electron chi connectivity index (χ0n) is 12.9. The quantitative estimate of drug-likeness (QED) is 0.912. The van der Waals surface area contributed by atoms with Gasteiger partial charge in [-0.1, -0.05) is 42.5 Å². The molecule has 0 spiro atoms. The van der Waals surface area contributed by atoms with Crippen molar-refractivity contribution in [3.8, 4) is 0 Å². The minimum Gasteiger partial charge on any atom is -0.312 e. The van der Waals surface area contributed by atoms with Crippen LogP contribution in [-0.2, 0) is 6.54 Å². The predicted octanol–water partition coefficient (Wildman–Crippen LogP) is 3.13. The fourth-order valence-electron chi connectivity index (χ4n) is 3.42. The summed E-state index contributed by atoms with van der Waals surface area (Å²) in [6.07, 6.45) is 1.02. The lowest BCUT2D eigenvalue weighted by molar-refractivity contribution is 0.240. The van der Waals surface area contributed by atoms with Gasteiger partial charge in [0.05, 0.1) is 12.6 Å². The van der Waals surface area contributed by atoms with E-state index in [9.17, 15) is 4.39 Å². The summed E-state index contributed by atoms with van der Waals surface area (Å²) in [6.45, 7) is 2.73. The van der Waals surface area contributed by atoms with E-state index in [1.165, 1.54) is 29.0 Å². The van der Waals surface area contributed by atoms with Crippen molar-refractivity contribution in [2.24, 2.45) is 0 Å². The number of hydrogen-bond donors (Lipinski definition) is 2. The summed E-state index contributed by atoms with van der Waals surface area (Å²) in [6, 6.07) is 17.4. The number of nitrogens with zero attached hydrogens (tertiary/aromatic N) is 1. The van der Waals surface area contributed by atoms with Crippen LogP contribution in [0.15, 0.2) is 65.9 Å². The average molecular weight is 309 g/mol. The maximum atomic E-state index is 13.2. The summed E-state index contributed by atoms with van der Waals surface area (Å²) < 4.78 is 13.2. The minimum absolute atomic E-state index is 0.127. The molecule has 2 aliphatic rings. The molecule has 0 saturated heterocycles. The van der Waals surface area contributed by atoms with Crippen LogP contribution in [0.2, 0.25) is 0 Å². The van der Waals surface area contributed by atoms with Crippen LogP contribution in [-0.4, -0.2) is 18.1 Å². The molecule has 1 unspecified atom stereocenters. The molecule has 0 bridgehead atoms. The largest absolute Gasteiger partial charge is 0.312 e. The van der Waals surface area contributed by atoms with E-state index in [4.69, 9.17) is 0 Å². The summed E-state index contributed by atoms with van der Waals surface area (Å²) >= 11 is 0. The second-order valence-corrected chi connectivity index (χ2v) is 6.08. The topological polar surface area (TPSA) is 27.3 Å². The van der Waals surface area contributed by atoms with Crippen LogP contribution in [0.3, 0.4) is 0 Å². The third kappa shape index (κ3) is 2.87. The summed E-state index contributed by atoms with van der Waals surface area (Å²) in [5, 5.41) is 5.72. The van der Waals surface area contributed by atoms with Crippen molar-refractivity contribution >= 4 is 0 Å². The zero-order chi connectivity index (χ0) is 15.6. The van der Waals surface area contributed by atoms with Crippen LogP contribution in [0.4, 0.5) is 4.39 Å². The van der Waals surface area contributed by atoms with Gasteiger partial charge in [0.25, 0.3) is 0 Å². The molecule has 3 nitrogen and oxygen atoms in total. The van der Waals surface area contributed by atoms with Gasteiger partial charge in [-0.2, -0.15) is 0 Å². The molecule has 0 aromatic heterocycles. The van der Waals surface area contributed by atoms with E-state index in [0.29, 0.717) is 0 Å². The fourth-order valence-corrected chi connectivity index (χ4v) is 3.42. The smallest absolute Gasteiger partial charge is 0.123 e. The highest BCUT2D eigenvalue weighted by Crippen LogP contribution is 2.35. The second-order valence-electron chi connectivity index (χ2n) is 6.08. The molecule has 2 aromatic rings. The molecule has 0 radical (unpaired) electrons. The maximum absolute atomic E-state index is 13.2. The van der Waals surface area contributed by atoms with Gasteiger partial charge in [0.1, 0.15) is 5.82 Å². The van der Waals surface area contributed by atoms with E-state index < -0.39 is 0 Å². The van der Waals surface area contributed by atoms with Crippen molar-refractivity contribution in [3.63, 3.8) is 0 Å². The number of nitrogens with one attached hydrogen (secondary N) is 2. The standard InChI is InChI=1S/C19H20FN3/c20-16-8-6-15(7-9-16)19-17-12-21-11-10-18(17)23(22-19)13-14-4-2-1-3-5-14/h1-9,19,21-22H,10-13H2. The molecule has 4 heteroatoms. The van der Waals surface area contributed by atoms with Gasteiger partial charge < -0.3 is 10.3 Å². The van der Waals surface area contributed by atoms with Crippen molar-refractivity contribution in [2.75, 3.05) is 13.1 Å². The second kappa shape index (κ2) is 6.14. The number of hydrazine groups is 1. The van der Waals surface area contributed by atoms with Crippen LogP contribution >= 0.6 is 0 Å². The highest BCUT2D eigenvalue weighted by Gasteiger charge is 2.33. The van der Waals surface area contributed by atoms with Gasteiger partial charge in [0.2, 0.25) is 0 Å². The van der Waals surface area contributed by atoms with E-state index in [0.717, 1.165) is 31.6 Å². The molecule has 4 rings (SSSR count). The summed E-state index contributed by atoms with van der Waals surface area (Å²) in [7, 11) is 0. The zero-order valence-corrected chi connectivity index (χ0v) is 12.9. The Kier molecular flexibility index (Phi) is 3.85. The normalized spacial score (nSPS) is 20.7. The lowest BCUT2D eigenvalue weighted by Crippen LogP contribution is -2.33. The van der Waals surface area contributed by atoms with Crippen molar-refractivity contribution < 1.29 is 4.39 Å². The van der Waals surface area contributed by atoms with Crippen molar-refractivity contribution in [1.29, 1.82) is 0 Å². The number of benzene rings is 2. The highest BCUT2D eigenvalue weighted by atomic mass is 19.1. The molecule has 0 amide bonds. The van der Waals surface area contributed by atoms with E-state index in [-0.39, 0.29) is 11.9 Å². The molecule has 1 atom stereocenters. The van der Waals surface area contributed by atoms with Crippen LogP contribution in [0, 0.1) is 5.82 Å². The highest BCUT2D eigenvalue weighted by molar-refractivity contribution is 5.36. The predicted molar refractivity (Wildman–Crippen MR) is 88.8 cm³/mol. The van der Waals surface area contributed by atoms with E-state index in [2.05, 4.69) is 40.0 Å². The molecule has 0 fully saturated rings. The Labute approximate surface area is 135 Å². The molecule has 118 valence electrons. The van der Waals surface area contributed by atoms with Crippen molar-refractivity contribution in [1.82, 2.24) is 15.8 Å². The van der Waals surface area contributed by atoms with Gasteiger partial charge in [0.15, 0.2) is 0 Å². The Bertz CT molecular complexity index is 709. The van der Waals surface area contributed by atoms with E-state index in [1.807, 2.05) is 18.2 Å². The van der Waals surface area contributed by atoms with Gasteiger partial charge >= 0.3 is 0 Å². The number of hydrogen-bond acceptors (Lipinski definition) is 3. The van der Waals surface area contributed by atoms with Crippen LogP contribution in [0.5, 0.6) is 0 Å². The first-order valence-corrected chi connectivity index (χ1v) is 8.07. The Balaban J connectivity index is 1.62. The molecular weight excluding hydrogens is 289 g/mol. The van der Waals surface area contributed by atoms with Crippen molar-refractivity contribution in [2.45, 2.75) is 19.0 Å². The third-order valence-electron chi connectivity index (χ3n) is 4.57. The SMILES string of the molecule is Fc1ccc(C2NN(Cc3ccccc3)C3=C2CNCC3)cc1. The maximum Gasteiger partial charge on any atom is 0.123 e. The first kappa shape index (κ1) is 14.4. The van der Waals surface area contributed by atoms with Crippen LogP contribution in [0.1, 0.15) is 23.6 Å². The molecule has 2 aliphatic heterocycles. The fraction of sp³-hybridized carbons (Fsp3) is 0.263. The number of rotatable bonds is 3. The van der Waals surface area contributed by atoms with Gasteiger partial charge in [0, 0.05) is 25.2 Å². The van der Waals surface area contributed by atoms with Gasteiger partial charge in [-0.15, -0.1) is 0 Å². The Hall–Kier alpha value is -2.17. The van der Waals surface area contributed by atoms with Gasteiger partial charge in [-0.05, 0) is 28.8 Å². The molecule has 2 N–H and O–H groups in total. The molecule has 2 aromatic carbocycles. The Morgan fingerprint density at radius 1 is 1.04 bits per heavy atom. The van der Waals surface area contributed by atoms with Crippen LogP contribution in [0.25, 0.3) is 0 Å². The summed E-state index contributed by atoms with van der Waals surface area (Å²) in [5.74, 6) is -0.191. The first-order valence-electron chi connectivity index (χ1n) is 8.07. The Morgan fingerprint density at radius 2 is 1.83 bits per heavy atom. The van der Waals surface area contributed by atoms with E-state index in [1.54, 1.807) is 0 Å². The molecule has 0 saturated carbocycles. The molecule has 0 aliphatic carbocycles. The first-order chi connectivity index (χ1) is 11.3. The molecule has 2 heterocycles. The van der Waals surface area contributed by atoms with Gasteiger partial charge in [-0.3, -0.25) is 0 Å². The molecule has 23 heavy (non-hydrogen) atoms. The Morgan fingerprint density at radius 3 is 2.61 bits per heavy atom.